The maximum absolute atomic E-state index is 11.8. The molecule has 1 aliphatic heterocycles. The molecular weight excluding hydrogens is 272 g/mol. The molecule has 110 valence electrons. The molecule has 5 amide bonds. The van der Waals surface area contributed by atoms with E-state index < -0.39 is 35.8 Å². The van der Waals surface area contributed by atoms with Crippen molar-refractivity contribution in [3.05, 3.63) is 0 Å². The van der Waals surface area contributed by atoms with Gasteiger partial charge in [-0.25, -0.2) is 9.59 Å². The van der Waals surface area contributed by atoms with Crippen LogP contribution < -0.4 is 16.4 Å². The summed E-state index contributed by atoms with van der Waals surface area (Å²) in [7, 11) is 0. The zero-order valence-corrected chi connectivity index (χ0v) is 10.4. The molecule has 10 nitrogen and oxygen atoms in total. The predicted molar refractivity (Wildman–Crippen MR) is 63.1 cm³/mol. The second-order valence-corrected chi connectivity index (χ2v) is 4.17. The molecule has 0 bridgehead atoms. The Morgan fingerprint density at radius 3 is 2.30 bits per heavy atom. The summed E-state index contributed by atoms with van der Waals surface area (Å²) in [6.45, 7) is -0.695. The van der Waals surface area contributed by atoms with Crippen LogP contribution in [0.4, 0.5) is 4.79 Å². The van der Waals surface area contributed by atoms with Gasteiger partial charge >= 0.3 is 12.0 Å². The summed E-state index contributed by atoms with van der Waals surface area (Å²) in [5.74, 6) is -3.34. The van der Waals surface area contributed by atoms with E-state index in [1.54, 1.807) is 0 Å². The van der Waals surface area contributed by atoms with Gasteiger partial charge in [0, 0.05) is 6.42 Å². The molecule has 10 heteroatoms. The second-order valence-electron chi connectivity index (χ2n) is 4.17. The third kappa shape index (κ3) is 4.55. The lowest BCUT2D eigenvalue weighted by Gasteiger charge is -2.27. The first kappa shape index (κ1) is 15.4. The number of nitrogens with one attached hydrogen (secondary N) is 2. The van der Waals surface area contributed by atoms with Crippen LogP contribution in [0.1, 0.15) is 12.8 Å². The molecule has 0 aliphatic carbocycles. The van der Waals surface area contributed by atoms with E-state index in [9.17, 15) is 24.0 Å². The van der Waals surface area contributed by atoms with E-state index in [1.807, 2.05) is 5.32 Å². The van der Waals surface area contributed by atoms with Crippen LogP contribution in [0.15, 0.2) is 0 Å². The predicted octanol–water partition coefficient (Wildman–Crippen LogP) is -2.63. The molecule has 0 aromatic heterocycles. The summed E-state index contributed by atoms with van der Waals surface area (Å²) >= 11 is 0. The minimum Gasteiger partial charge on any atom is -0.480 e. The van der Waals surface area contributed by atoms with Crippen LogP contribution in [0.2, 0.25) is 0 Å². The van der Waals surface area contributed by atoms with Crippen molar-refractivity contribution in [3.63, 3.8) is 0 Å². The molecule has 20 heavy (non-hydrogen) atoms. The van der Waals surface area contributed by atoms with Gasteiger partial charge in [-0.15, -0.1) is 0 Å². The standard InChI is InChI=1S/C10H14N4O6/c11-6(15)2-1-5(9(18)19)12-10(20)14-3-7(16)13-8(17)4-14/h5H,1-4H2,(H2,11,15)(H,12,20)(H,18,19)(H,13,16,17)/t5-/m0/s1. The van der Waals surface area contributed by atoms with Gasteiger partial charge in [-0.05, 0) is 6.42 Å². The van der Waals surface area contributed by atoms with E-state index >= 15 is 0 Å². The molecule has 1 heterocycles. The Morgan fingerprint density at radius 1 is 1.30 bits per heavy atom. The fourth-order valence-electron chi connectivity index (χ4n) is 1.57. The number of nitrogens with zero attached hydrogens (tertiary/aromatic N) is 1. The first-order chi connectivity index (χ1) is 9.29. The Labute approximate surface area is 113 Å². The molecule has 1 aliphatic rings. The van der Waals surface area contributed by atoms with Gasteiger partial charge in [0.2, 0.25) is 17.7 Å². The number of primary amides is 1. The number of urea groups is 1. The Balaban J connectivity index is 2.61. The second kappa shape index (κ2) is 6.50. The number of amides is 5. The fraction of sp³-hybridized carbons (Fsp3) is 0.500. The zero-order chi connectivity index (χ0) is 15.3. The smallest absolute Gasteiger partial charge is 0.326 e. The number of carbonyl (C=O) groups is 5. The van der Waals surface area contributed by atoms with E-state index in [4.69, 9.17) is 10.8 Å². The highest BCUT2D eigenvalue weighted by molar-refractivity contribution is 6.02. The van der Waals surface area contributed by atoms with E-state index in [-0.39, 0.29) is 25.9 Å². The molecule has 1 fully saturated rings. The minimum atomic E-state index is -1.34. The van der Waals surface area contributed by atoms with E-state index in [0.717, 1.165) is 4.90 Å². The first-order valence-electron chi connectivity index (χ1n) is 5.69. The highest BCUT2D eigenvalue weighted by Gasteiger charge is 2.29. The van der Waals surface area contributed by atoms with Crippen LogP contribution >= 0.6 is 0 Å². The average Bonchev–Trinajstić information content (AvgIpc) is 2.32. The topological polar surface area (TPSA) is 159 Å². The summed E-state index contributed by atoms with van der Waals surface area (Å²) in [6, 6.07) is -2.19. The lowest BCUT2D eigenvalue weighted by atomic mass is 10.1. The Bertz CT molecular complexity index is 447. The summed E-state index contributed by atoms with van der Waals surface area (Å²) in [5, 5.41) is 13.0. The number of rotatable bonds is 5. The highest BCUT2D eigenvalue weighted by Crippen LogP contribution is 2.01. The molecular formula is C10H14N4O6. The summed E-state index contributed by atoms with van der Waals surface area (Å²) in [4.78, 5) is 56.3. The first-order valence-corrected chi connectivity index (χ1v) is 5.69. The third-order valence-corrected chi connectivity index (χ3v) is 2.51. The Kier molecular flexibility index (Phi) is 5.01. The number of aliphatic carboxylic acids is 1. The molecule has 1 atom stereocenters. The van der Waals surface area contributed by atoms with Crippen molar-refractivity contribution < 1.29 is 29.1 Å². The van der Waals surface area contributed by atoms with Crippen molar-refractivity contribution in [1.82, 2.24) is 15.5 Å². The maximum atomic E-state index is 11.8. The summed E-state index contributed by atoms with van der Waals surface area (Å²) in [6.07, 6.45) is -0.388. The number of carbonyl (C=O) groups excluding carboxylic acids is 4. The maximum Gasteiger partial charge on any atom is 0.326 e. The molecule has 1 rings (SSSR count). The third-order valence-electron chi connectivity index (χ3n) is 2.51. The van der Waals surface area contributed by atoms with Crippen molar-refractivity contribution in [2.45, 2.75) is 18.9 Å². The number of carboxylic acids is 1. The molecule has 0 radical (unpaired) electrons. The number of hydrogen-bond acceptors (Lipinski definition) is 5. The molecule has 0 aromatic rings. The summed E-state index contributed by atoms with van der Waals surface area (Å²) < 4.78 is 0. The van der Waals surface area contributed by atoms with Crippen molar-refractivity contribution >= 4 is 29.7 Å². The Morgan fingerprint density at radius 2 is 1.85 bits per heavy atom. The lowest BCUT2D eigenvalue weighted by Crippen LogP contribution is -2.57. The average molecular weight is 286 g/mol. The number of nitrogens with two attached hydrogens (primary N) is 1. The number of imide groups is 1. The normalized spacial score (nSPS) is 16.3. The van der Waals surface area contributed by atoms with E-state index in [0.29, 0.717) is 0 Å². The van der Waals surface area contributed by atoms with Crippen molar-refractivity contribution in [1.29, 1.82) is 0 Å². The highest BCUT2D eigenvalue weighted by atomic mass is 16.4. The molecule has 0 spiro atoms. The Hall–Kier alpha value is -2.65. The van der Waals surface area contributed by atoms with E-state index in [1.165, 1.54) is 0 Å². The van der Waals surface area contributed by atoms with Crippen LogP contribution in [0.5, 0.6) is 0 Å². The van der Waals surface area contributed by atoms with Gasteiger partial charge in [0.05, 0.1) is 0 Å². The minimum absolute atomic E-state index is 0.176. The summed E-state index contributed by atoms with van der Waals surface area (Å²) in [5.41, 5.74) is 4.90. The van der Waals surface area contributed by atoms with Crippen LogP contribution in [0.25, 0.3) is 0 Å². The number of hydrogen-bond donors (Lipinski definition) is 4. The van der Waals surface area contributed by atoms with Gasteiger partial charge in [0.15, 0.2) is 0 Å². The van der Waals surface area contributed by atoms with Gasteiger partial charge in [-0.1, -0.05) is 0 Å². The fourth-order valence-corrected chi connectivity index (χ4v) is 1.57. The van der Waals surface area contributed by atoms with Crippen molar-refractivity contribution in [2.75, 3.05) is 13.1 Å². The van der Waals surface area contributed by atoms with Crippen molar-refractivity contribution in [3.8, 4) is 0 Å². The van der Waals surface area contributed by atoms with Gasteiger partial charge in [-0.3, -0.25) is 19.7 Å². The van der Waals surface area contributed by atoms with Crippen LogP contribution in [-0.4, -0.2) is 58.9 Å². The molecule has 1 saturated heterocycles. The monoisotopic (exact) mass is 286 g/mol. The van der Waals surface area contributed by atoms with E-state index in [2.05, 4.69) is 5.32 Å². The van der Waals surface area contributed by atoms with Crippen molar-refractivity contribution in [2.24, 2.45) is 5.73 Å². The lowest BCUT2D eigenvalue weighted by molar-refractivity contribution is -0.139. The van der Waals surface area contributed by atoms with Crippen LogP contribution in [-0.2, 0) is 19.2 Å². The van der Waals surface area contributed by atoms with Crippen LogP contribution in [0, 0.1) is 0 Å². The number of piperazine rings is 1. The molecule has 0 aromatic carbocycles. The molecule has 0 unspecified atom stereocenters. The molecule has 5 N–H and O–H groups in total. The van der Waals surface area contributed by atoms with Gasteiger partial charge in [0.1, 0.15) is 19.1 Å². The van der Waals surface area contributed by atoms with Gasteiger partial charge in [0.25, 0.3) is 0 Å². The quantitative estimate of drug-likeness (QED) is 0.405. The van der Waals surface area contributed by atoms with Gasteiger partial charge < -0.3 is 21.1 Å². The SMILES string of the molecule is NC(=O)CC[C@H](NC(=O)N1CC(=O)NC(=O)C1)C(=O)O. The zero-order valence-electron chi connectivity index (χ0n) is 10.4. The number of carboxylic acid groups (broad SMARTS) is 1. The molecule has 0 saturated carbocycles. The van der Waals surface area contributed by atoms with Gasteiger partial charge in [-0.2, -0.15) is 0 Å². The van der Waals surface area contributed by atoms with Crippen LogP contribution in [0.3, 0.4) is 0 Å². The largest absolute Gasteiger partial charge is 0.480 e.